The minimum absolute atomic E-state index is 0.0367. The maximum atomic E-state index is 12.4. The second-order valence-electron chi connectivity index (χ2n) is 5.29. The van der Waals surface area contributed by atoms with Crippen LogP contribution in [0.5, 0.6) is 0 Å². The van der Waals surface area contributed by atoms with Gasteiger partial charge in [-0.1, -0.05) is 28.1 Å². The zero-order chi connectivity index (χ0) is 17.6. The van der Waals surface area contributed by atoms with E-state index in [9.17, 15) is 4.79 Å². The Morgan fingerprint density at radius 2 is 2.08 bits per heavy atom. The quantitative estimate of drug-likeness (QED) is 0.388. The highest BCUT2D eigenvalue weighted by Gasteiger charge is 2.16. The third-order valence-electron chi connectivity index (χ3n) is 3.47. The van der Waals surface area contributed by atoms with Crippen LogP contribution < -0.4 is 0 Å². The van der Waals surface area contributed by atoms with Gasteiger partial charge in [0.25, 0.3) is 0 Å². The van der Waals surface area contributed by atoms with Crippen LogP contribution in [0.2, 0.25) is 5.02 Å². The molecule has 4 aromatic rings. The van der Waals surface area contributed by atoms with Gasteiger partial charge in [0.2, 0.25) is 9.73 Å². The molecule has 0 bridgehead atoms. The van der Waals surface area contributed by atoms with Gasteiger partial charge in [0.05, 0.1) is 0 Å². The molecule has 4 rings (SSSR count). The van der Waals surface area contributed by atoms with E-state index in [0.29, 0.717) is 36.8 Å². The van der Waals surface area contributed by atoms with Crippen molar-refractivity contribution in [3.8, 4) is 10.7 Å². The summed E-state index contributed by atoms with van der Waals surface area (Å²) in [7, 11) is 0. The smallest absolute Gasteiger partial charge is 0.233 e. The number of rotatable bonds is 4. The summed E-state index contributed by atoms with van der Waals surface area (Å²) in [6.45, 7) is 1.85. The summed E-state index contributed by atoms with van der Waals surface area (Å²) >= 11 is 12.5. The first-order valence-electron chi connectivity index (χ1n) is 7.20. The van der Waals surface area contributed by atoms with Gasteiger partial charge in [0, 0.05) is 16.7 Å². The highest BCUT2D eigenvalue weighted by Crippen LogP contribution is 2.25. The Morgan fingerprint density at radius 3 is 2.72 bits per heavy atom. The van der Waals surface area contributed by atoms with Gasteiger partial charge in [-0.05, 0) is 43.4 Å². The molecule has 3 heterocycles. The topological polar surface area (TPSA) is 78.2 Å². The van der Waals surface area contributed by atoms with Crippen LogP contribution >= 0.6 is 35.2 Å². The number of Topliss-reactive ketones (excluding diaryl/α,β-unsaturated/α-hetero) is 1. The number of benzene rings is 1. The van der Waals surface area contributed by atoms with E-state index in [1.807, 2.05) is 6.92 Å². The number of halogens is 1. The van der Waals surface area contributed by atoms with Crippen molar-refractivity contribution in [3.63, 3.8) is 0 Å². The predicted molar refractivity (Wildman–Crippen MR) is 95.7 cm³/mol. The first-order valence-corrected chi connectivity index (χ1v) is 8.81. The van der Waals surface area contributed by atoms with E-state index in [4.69, 9.17) is 28.3 Å². The van der Waals surface area contributed by atoms with Gasteiger partial charge in [0.1, 0.15) is 18.0 Å². The average molecular weight is 392 g/mol. The summed E-state index contributed by atoms with van der Waals surface area (Å²) in [6.07, 6.45) is 0. The number of nitrogens with zero attached hydrogens (tertiary/aromatic N) is 5. The van der Waals surface area contributed by atoms with Crippen LogP contribution in [0, 0.1) is 11.7 Å². The van der Waals surface area contributed by atoms with Gasteiger partial charge in [-0.15, -0.1) is 10.2 Å². The molecule has 0 radical (unpaired) electrons. The van der Waals surface area contributed by atoms with E-state index < -0.39 is 0 Å². The standard InChI is InChI=1S/C15H10ClN5O2S2/c1-8-6-11(19-23-8)13-17-21-14(25-13)18-20(15(21)24)7-12(22)9-2-4-10(16)5-3-9/h2-6H,7H2,1H3. The van der Waals surface area contributed by atoms with Gasteiger partial charge < -0.3 is 4.52 Å². The average Bonchev–Trinajstić information content (AvgIpc) is 3.26. The largest absolute Gasteiger partial charge is 0.361 e. The van der Waals surface area contributed by atoms with Crippen molar-refractivity contribution >= 4 is 45.9 Å². The van der Waals surface area contributed by atoms with Crippen molar-refractivity contribution < 1.29 is 9.32 Å². The van der Waals surface area contributed by atoms with Crippen LogP contribution in [-0.4, -0.2) is 30.3 Å². The Kier molecular flexibility index (Phi) is 3.98. The zero-order valence-electron chi connectivity index (χ0n) is 12.8. The fourth-order valence-electron chi connectivity index (χ4n) is 2.26. The van der Waals surface area contributed by atoms with Gasteiger partial charge in [-0.25, -0.2) is 4.68 Å². The van der Waals surface area contributed by atoms with Crippen LogP contribution in [0.1, 0.15) is 16.1 Å². The number of aromatic nitrogens is 5. The van der Waals surface area contributed by atoms with Crippen molar-refractivity contribution in [3.05, 3.63) is 51.4 Å². The first-order chi connectivity index (χ1) is 12.0. The minimum Gasteiger partial charge on any atom is -0.361 e. The summed E-state index contributed by atoms with van der Waals surface area (Å²) in [6, 6.07) is 8.49. The maximum Gasteiger partial charge on any atom is 0.233 e. The Bertz CT molecular complexity index is 1140. The van der Waals surface area contributed by atoms with Crippen molar-refractivity contribution in [2.75, 3.05) is 0 Å². The second-order valence-corrected chi connectivity index (χ2v) is 7.05. The van der Waals surface area contributed by atoms with Gasteiger partial charge in [-0.2, -0.15) is 4.52 Å². The fourth-order valence-corrected chi connectivity index (χ4v) is 3.53. The summed E-state index contributed by atoms with van der Waals surface area (Å²) in [4.78, 5) is 13.0. The number of hydrogen-bond donors (Lipinski definition) is 0. The third kappa shape index (κ3) is 3.01. The number of ketones is 1. The monoisotopic (exact) mass is 391 g/mol. The summed E-state index contributed by atoms with van der Waals surface area (Å²) < 4.78 is 8.39. The molecule has 25 heavy (non-hydrogen) atoms. The summed E-state index contributed by atoms with van der Waals surface area (Å²) in [5.74, 6) is 0.593. The number of carbonyl (C=O) groups excluding carboxylic acids is 1. The molecule has 0 aliphatic carbocycles. The molecule has 0 atom stereocenters. The van der Waals surface area contributed by atoms with Gasteiger partial charge >= 0.3 is 0 Å². The molecule has 7 nitrogen and oxygen atoms in total. The van der Waals surface area contributed by atoms with Crippen LogP contribution in [0.4, 0.5) is 0 Å². The van der Waals surface area contributed by atoms with E-state index >= 15 is 0 Å². The molecule has 0 unspecified atom stereocenters. The molecule has 0 spiro atoms. The molecular formula is C15H10ClN5O2S2. The van der Waals surface area contributed by atoms with Gasteiger partial charge in [0.15, 0.2) is 10.8 Å². The number of fused-ring (bicyclic) bond motifs is 1. The summed E-state index contributed by atoms with van der Waals surface area (Å²) in [5.41, 5.74) is 1.18. The first kappa shape index (κ1) is 16.1. The lowest BCUT2D eigenvalue weighted by Crippen LogP contribution is -2.12. The molecule has 10 heteroatoms. The van der Waals surface area contributed by atoms with Gasteiger partial charge in [-0.3, -0.25) is 4.79 Å². The van der Waals surface area contributed by atoms with Crippen molar-refractivity contribution in [2.24, 2.45) is 0 Å². The van der Waals surface area contributed by atoms with Crippen LogP contribution in [-0.2, 0) is 6.54 Å². The fraction of sp³-hybridized carbons (Fsp3) is 0.133. The molecule has 0 aliphatic rings. The number of carbonyl (C=O) groups is 1. The SMILES string of the molecule is Cc1cc(-c2nn3c(=S)n(CC(=O)c4ccc(Cl)cc4)nc3s2)no1. The normalized spacial score (nSPS) is 11.3. The molecule has 0 fully saturated rings. The molecule has 0 amide bonds. The Hall–Kier alpha value is -2.36. The van der Waals surface area contributed by atoms with E-state index in [-0.39, 0.29) is 12.3 Å². The summed E-state index contributed by atoms with van der Waals surface area (Å²) in [5, 5.41) is 13.9. The van der Waals surface area contributed by atoms with Crippen LogP contribution in [0.15, 0.2) is 34.9 Å². The molecule has 1 aromatic carbocycles. The maximum absolute atomic E-state index is 12.4. The highest BCUT2D eigenvalue weighted by atomic mass is 35.5. The molecule has 0 N–H and O–H groups in total. The number of hydrogen-bond acceptors (Lipinski definition) is 7. The van der Waals surface area contributed by atoms with E-state index in [2.05, 4.69) is 15.4 Å². The molecule has 0 saturated carbocycles. The van der Waals surface area contributed by atoms with E-state index in [0.717, 1.165) is 0 Å². The lowest BCUT2D eigenvalue weighted by atomic mass is 10.1. The highest BCUT2D eigenvalue weighted by molar-refractivity contribution is 7.71. The molecule has 126 valence electrons. The van der Waals surface area contributed by atoms with E-state index in [1.54, 1.807) is 30.3 Å². The molecule has 0 aliphatic heterocycles. The number of aryl methyl sites for hydroxylation is 1. The Labute approximate surface area is 155 Å². The molecular weight excluding hydrogens is 382 g/mol. The Balaban J connectivity index is 1.64. The van der Waals surface area contributed by atoms with Crippen LogP contribution in [0.25, 0.3) is 15.7 Å². The van der Waals surface area contributed by atoms with Crippen molar-refractivity contribution in [2.45, 2.75) is 13.5 Å². The third-order valence-corrected chi connectivity index (χ3v) is 5.03. The van der Waals surface area contributed by atoms with Crippen LogP contribution in [0.3, 0.4) is 0 Å². The molecule has 0 saturated heterocycles. The lowest BCUT2D eigenvalue weighted by molar-refractivity contribution is 0.0967. The lowest BCUT2D eigenvalue weighted by Gasteiger charge is -2.01. The van der Waals surface area contributed by atoms with E-state index in [1.165, 1.54) is 20.5 Å². The Morgan fingerprint density at radius 1 is 1.32 bits per heavy atom. The predicted octanol–water partition coefficient (Wildman–Crippen LogP) is 3.82. The molecule has 3 aromatic heterocycles. The second kappa shape index (κ2) is 6.17. The minimum atomic E-state index is -0.106. The van der Waals surface area contributed by atoms with Crippen molar-refractivity contribution in [1.82, 2.24) is 24.6 Å². The zero-order valence-corrected chi connectivity index (χ0v) is 15.2. The van der Waals surface area contributed by atoms with Crippen molar-refractivity contribution in [1.29, 1.82) is 0 Å².